The summed E-state index contributed by atoms with van der Waals surface area (Å²) in [7, 11) is 0. The fraction of sp³-hybridized carbons (Fsp3) is 0.0667. The van der Waals surface area contributed by atoms with Gasteiger partial charge in [-0.25, -0.2) is 18.6 Å². The number of carboxylic acids is 1. The van der Waals surface area contributed by atoms with E-state index < -0.39 is 17.6 Å². The van der Waals surface area contributed by atoms with Crippen LogP contribution in [0.4, 0.5) is 8.78 Å². The van der Waals surface area contributed by atoms with E-state index >= 15 is 0 Å². The van der Waals surface area contributed by atoms with Gasteiger partial charge in [0.25, 0.3) is 0 Å². The summed E-state index contributed by atoms with van der Waals surface area (Å²) in [6.45, 7) is 1.64. The number of nitrogens with zero attached hydrogens (tertiary/aromatic N) is 2. The summed E-state index contributed by atoms with van der Waals surface area (Å²) < 4.78 is 28.8. The number of aromatic nitrogens is 2. The van der Waals surface area contributed by atoms with Gasteiger partial charge < -0.3 is 5.11 Å². The molecular formula is C15H10F2N2O2. The Labute approximate surface area is 118 Å². The van der Waals surface area contributed by atoms with Crippen molar-refractivity contribution in [2.75, 3.05) is 0 Å². The summed E-state index contributed by atoms with van der Waals surface area (Å²) >= 11 is 0. The molecule has 3 rings (SSSR count). The Hall–Kier alpha value is -2.76. The lowest BCUT2D eigenvalue weighted by Gasteiger charge is -2.08. The van der Waals surface area contributed by atoms with Crippen LogP contribution < -0.4 is 0 Å². The van der Waals surface area contributed by atoms with E-state index in [4.69, 9.17) is 5.11 Å². The van der Waals surface area contributed by atoms with E-state index in [-0.39, 0.29) is 11.3 Å². The van der Waals surface area contributed by atoms with Crippen molar-refractivity contribution in [1.29, 1.82) is 0 Å². The van der Waals surface area contributed by atoms with Crippen LogP contribution in [0, 0.1) is 18.6 Å². The predicted molar refractivity (Wildman–Crippen MR) is 72.7 cm³/mol. The lowest BCUT2D eigenvalue weighted by molar-refractivity contribution is 0.0697. The number of carboxylic acid groups (broad SMARTS) is 1. The van der Waals surface area contributed by atoms with Gasteiger partial charge >= 0.3 is 5.97 Å². The zero-order chi connectivity index (χ0) is 15.1. The Morgan fingerprint density at radius 3 is 2.67 bits per heavy atom. The van der Waals surface area contributed by atoms with E-state index in [1.54, 1.807) is 6.92 Å². The van der Waals surface area contributed by atoms with Crippen LogP contribution in [0.1, 0.15) is 16.2 Å². The number of benzene rings is 2. The molecule has 0 aliphatic heterocycles. The Morgan fingerprint density at radius 2 is 1.95 bits per heavy atom. The molecule has 1 heterocycles. The van der Waals surface area contributed by atoms with Crippen molar-refractivity contribution in [3.05, 3.63) is 59.4 Å². The van der Waals surface area contributed by atoms with E-state index in [1.807, 2.05) is 0 Å². The largest absolute Gasteiger partial charge is 0.478 e. The van der Waals surface area contributed by atoms with E-state index in [1.165, 1.54) is 22.8 Å². The maximum atomic E-state index is 13.9. The summed E-state index contributed by atoms with van der Waals surface area (Å²) in [5, 5.41) is 8.97. The minimum absolute atomic E-state index is 0.0399. The highest BCUT2D eigenvalue weighted by Gasteiger charge is 2.15. The number of halogens is 2. The molecule has 0 saturated carbocycles. The van der Waals surface area contributed by atoms with Gasteiger partial charge in [0.2, 0.25) is 0 Å². The van der Waals surface area contributed by atoms with Crippen LogP contribution in [-0.4, -0.2) is 20.6 Å². The van der Waals surface area contributed by atoms with Gasteiger partial charge in [-0.1, -0.05) is 0 Å². The maximum absolute atomic E-state index is 13.9. The van der Waals surface area contributed by atoms with Crippen molar-refractivity contribution < 1.29 is 18.7 Å². The molecule has 1 aromatic heterocycles. The minimum atomic E-state index is -1.07. The van der Waals surface area contributed by atoms with Crippen molar-refractivity contribution in [3.63, 3.8) is 0 Å². The summed E-state index contributed by atoms with van der Waals surface area (Å²) in [6, 6.07) is 7.49. The smallest absolute Gasteiger partial charge is 0.335 e. The molecule has 21 heavy (non-hydrogen) atoms. The number of hydrogen-bond acceptors (Lipinski definition) is 2. The molecule has 6 heteroatoms. The Kier molecular flexibility index (Phi) is 2.94. The van der Waals surface area contributed by atoms with E-state index in [2.05, 4.69) is 4.98 Å². The highest BCUT2D eigenvalue weighted by Crippen LogP contribution is 2.24. The van der Waals surface area contributed by atoms with E-state index in [0.29, 0.717) is 16.9 Å². The molecule has 0 fully saturated rings. The van der Waals surface area contributed by atoms with Gasteiger partial charge in [-0.2, -0.15) is 0 Å². The highest BCUT2D eigenvalue weighted by molar-refractivity contribution is 5.92. The molecule has 2 aromatic carbocycles. The van der Waals surface area contributed by atoms with Gasteiger partial charge in [0.15, 0.2) is 0 Å². The van der Waals surface area contributed by atoms with Crippen LogP contribution in [0.5, 0.6) is 0 Å². The number of rotatable bonds is 2. The molecule has 0 atom stereocenters. The average Bonchev–Trinajstić information content (AvgIpc) is 2.76. The molecule has 0 aliphatic carbocycles. The maximum Gasteiger partial charge on any atom is 0.335 e. The van der Waals surface area contributed by atoms with Crippen LogP contribution in [0.2, 0.25) is 0 Å². The fourth-order valence-corrected chi connectivity index (χ4v) is 2.30. The van der Waals surface area contributed by atoms with Crippen molar-refractivity contribution in [2.45, 2.75) is 6.92 Å². The second-order valence-electron chi connectivity index (χ2n) is 4.60. The first-order chi connectivity index (χ1) is 9.97. The Balaban J connectivity index is 2.30. The highest BCUT2D eigenvalue weighted by atomic mass is 19.1. The second kappa shape index (κ2) is 4.66. The van der Waals surface area contributed by atoms with Gasteiger partial charge in [-0.05, 0) is 37.3 Å². The third-order valence-electron chi connectivity index (χ3n) is 3.22. The standard InChI is InChI=1S/C15H10F2N2O2/c1-8-18-12-6-9(15(20)21)2-5-13(12)19(8)14-7-10(16)3-4-11(14)17/h2-7H,1H3,(H,20,21). The third-order valence-corrected chi connectivity index (χ3v) is 3.22. The molecule has 0 aliphatic rings. The van der Waals surface area contributed by atoms with Crippen LogP contribution in [0.3, 0.4) is 0 Å². The lowest BCUT2D eigenvalue weighted by Crippen LogP contribution is -2.01. The first kappa shape index (κ1) is 13.2. The number of carbonyl (C=O) groups is 1. The number of aryl methyl sites for hydroxylation is 1. The Bertz CT molecular complexity index is 871. The predicted octanol–water partition coefficient (Wildman–Crippen LogP) is 3.31. The molecule has 106 valence electrons. The van der Waals surface area contributed by atoms with Crippen LogP contribution in [-0.2, 0) is 0 Å². The zero-order valence-electron chi connectivity index (χ0n) is 11.0. The number of aromatic carboxylic acids is 1. The molecule has 3 aromatic rings. The monoisotopic (exact) mass is 288 g/mol. The summed E-state index contributed by atoms with van der Waals surface area (Å²) in [5.74, 6) is -1.77. The topological polar surface area (TPSA) is 55.1 Å². The van der Waals surface area contributed by atoms with E-state index in [9.17, 15) is 13.6 Å². The van der Waals surface area contributed by atoms with Gasteiger partial charge in [-0.3, -0.25) is 4.57 Å². The second-order valence-corrected chi connectivity index (χ2v) is 4.60. The molecule has 0 saturated heterocycles. The fourth-order valence-electron chi connectivity index (χ4n) is 2.30. The SMILES string of the molecule is Cc1nc2cc(C(=O)O)ccc2n1-c1cc(F)ccc1F. The van der Waals surface area contributed by atoms with Gasteiger partial charge in [0.05, 0.1) is 22.3 Å². The van der Waals surface area contributed by atoms with Crippen molar-refractivity contribution in [3.8, 4) is 5.69 Å². The normalized spacial score (nSPS) is 11.0. The van der Waals surface area contributed by atoms with E-state index in [0.717, 1.165) is 18.2 Å². The minimum Gasteiger partial charge on any atom is -0.478 e. The summed E-state index contributed by atoms with van der Waals surface area (Å²) in [5.41, 5.74) is 1.06. The zero-order valence-corrected chi connectivity index (χ0v) is 11.0. The molecule has 0 amide bonds. The summed E-state index contributed by atoms with van der Waals surface area (Å²) in [6.07, 6.45) is 0. The van der Waals surface area contributed by atoms with Crippen molar-refractivity contribution >= 4 is 17.0 Å². The molecule has 0 radical (unpaired) electrons. The van der Waals surface area contributed by atoms with Gasteiger partial charge in [-0.15, -0.1) is 0 Å². The number of fused-ring (bicyclic) bond motifs is 1. The Morgan fingerprint density at radius 1 is 1.19 bits per heavy atom. The van der Waals surface area contributed by atoms with Crippen LogP contribution in [0.25, 0.3) is 16.7 Å². The number of imidazole rings is 1. The van der Waals surface area contributed by atoms with Crippen LogP contribution in [0.15, 0.2) is 36.4 Å². The molecule has 1 N–H and O–H groups in total. The quantitative estimate of drug-likeness (QED) is 0.787. The molecule has 0 spiro atoms. The van der Waals surface area contributed by atoms with Crippen molar-refractivity contribution in [2.24, 2.45) is 0 Å². The first-order valence-corrected chi connectivity index (χ1v) is 6.15. The molecule has 0 bridgehead atoms. The molecule has 4 nitrogen and oxygen atoms in total. The van der Waals surface area contributed by atoms with Gasteiger partial charge in [0.1, 0.15) is 17.5 Å². The van der Waals surface area contributed by atoms with Gasteiger partial charge in [0, 0.05) is 6.07 Å². The summed E-state index contributed by atoms with van der Waals surface area (Å²) in [4.78, 5) is 15.2. The molecular weight excluding hydrogens is 278 g/mol. The third kappa shape index (κ3) is 2.14. The van der Waals surface area contributed by atoms with Crippen molar-refractivity contribution in [1.82, 2.24) is 9.55 Å². The first-order valence-electron chi connectivity index (χ1n) is 6.15. The average molecular weight is 288 g/mol. The molecule has 0 unspecified atom stereocenters. The van der Waals surface area contributed by atoms with Crippen LogP contribution >= 0.6 is 0 Å². The lowest BCUT2D eigenvalue weighted by atomic mass is 10.2. The number of hydrogen-bond donors (Lipinski definition) is 1.